The average Bonchev–Trinajstić information content (AvgIpc) is 2.49. The Labute approximate surface area is 135 Å². The first kappa shape index (κ1) is 16.8. The van der Waals surface area contributed by atoms with Crippen LogP contribution in [-0.4, -0.2) is 23.0 Å². The zero-order chi connectivity index (χ0) is 15.9. The van der Waals surface area contributed by atoms with Gasteiger partial charge in [0.25, 0.3) is 0 Å². The van der Waals surface area contributed by atoms with E-state index in [9.17, 15) is 9.59 Å². The Balaban J connectivity index is 1.99. The van der Waals surface area contributed by atoms with Gasteiger partial charge in [0.15, 0.2) is 0 Å². The van der Waals surface area contributed by atoms with E-state index in [2.05, 4.69) is 5.32 Å². The van der Waals surface area contributed by atoms with Crippen molar-refractivity contribution in [3.05, 3.63) is 34.9 Å². The first-order chi connectivity index (χ1) is 10.5. The predicted molar refractivity (Wildman–Crippen MR) is 85.9 cm³/mol. The number of amides is 1. The molecular formula is C17H22ClNO3. The van der Waals surface area contributed by atoms with Crippen molar-refractivity contribution in [2.24, 2.45) is 5.92 Å². The third-order valence-electron chi connectivity index (χ3n) is 4.14. The zero-order valence-electron chi connectivity index (χ0n) is 12.6. The van der Waals surface area contributed by atoms with Crippen molar-refractivity contribution in [2.75, 3.05) is 0 Å². The van der Waals surface area contributed by atoms with E-state index in [1.54, 1.807) is 12.1 Å². The van der Waals surface area contributed by atoms with Crippen LogP contribution in [0.5, 0.6) is 0 Å². The molecule has 0 heterocycles. The van der Waals surface area contributed by atoms with Crippen LogP contribution in [0, 0.1) is 5.92 Å². The molecule has 1 aromatic rings. The maximum Gasteiger partial charge on any atom is 0.304 e. The summed E-state index contributed by atoms with van der Waals surface area (Å²) in [6.45, 7) is 0. The fourth-order valence-electron chi connectivity index (χ4n) is 2.94. The topological polar surface area (TPSA) is 66.4 Å². The van der Waals surface area contributed by atoms with E-state index in [-0.39, 0.29) is 18.4 Å². The highest BCUT2D eigenvalue weighted by molar-refractivity contribution is 6.30. The zero-order valence-corrected chi connectivity index (χ0v) is 13.3. The second kappa shape index (κ2) is 8.18. The van der Waals surface area contributed by atoms with Crippen LogP contribution in [0.25, 0.3) is 0 Å². The van der Waals surface area contributed by atoms with Crippen molar-refractivity contribution in [1.82, 2.24) is 5.32 Å². The van der Waals surface area contributed by atoms with Gasteiger partial charge in [-0.2, -0.15) is 0 Å². The lowest BCUT2D eigenvalue weighted by atomic mass is 9.92. The van der Waals surface area contributed by atoms with Gasteiger partial charge in [-0.05, 0) is 37.0 Å². The Hall–Kier alpha value is -1.55. The molecule has 2 N–H and O–H groups in total. The number of benzene rings is 1. The molecule has 1 saturated carbocycles. The highest BCUT2D eigenvalue weighted by Crippen LogP contribution is 2.20. The van der Waals surface area contributed by atoms with Crippen molar-refractivity contribution in [2.45, 2.75) is 51.0 Å². The minimum Gasteiger partial charge on any atom is -0.481 e. The van der Waals surface area contributed by atoms with Crippen molar-refractivity contribution >= 4 is 23.5 Å². The second-order valence-corrected chi connectivity index (χ2v) is 6.41. The van der Waals surface area contributed by atoms with E-state index in [1.165, 1.54) is 6.42 Å². The van der Waals surface area contributed by atoms with Gasteiger partial charge in [0.1, 0.15) is 0 Å². The fourth-order valence-corrected chi connectivity index (χ4v) is 3.07. The van der Waals surface area contributed by atoms with Gasteiger partial charge in [-0.3, -0.25) is 9.59 Å². The first-order valence-corrected chi connectivity index (χ1v) is 8.19. The molecular weight excluding hydrogens is 302 g/mol. The highest BCUT2D eigenvalue weighted by atomic mass is 35.5. The van der Waals surface area contributed by atoms with Crippen molar-refractivity contribution in [1.29, 1.82) is 0 Å². The summed E-state index contributed by atoms with van der Waals surface area (Å²) in [4.78, 5) is 23.5. The molecule has 1 aliphatic carbocycles. The second-order valence-electron chi connectivity index (χ2n) is 5.97. The molecule has 1 atom stereocenters. The number of hydrogen-bond donors (Lipinski definition) is 2. The van der Waals surface area contributed by atoms with E-state index in [4.69, 9.17) is 16.7 Å². The molecule has 0 bridgehead atoms. The summed E-state index contributed by atoms with van der Waals surface area (Å²) in [7, 11) is 0. The van der Waals surface area contributed by atoms with Crippen molar-refractivity contribution in [3.63, 3.8) is 0 Å². The third kappa shape index (κ3) is 5.34. The smallest absolute Gasteiger partial charge is 0.304 e. The normalized spacial score (nSPS) is 17.0. The van der Waals surface area contributed by atoms with E-state index >= 15 is 0 Å². The van der Waals surface area contributed by atoms with E-state index in [1.807, 2.05) is 12.1 Å². The Morgan fingerprint density at radius 3 is 2.41 bits per heavy atom. The summed E-state index contributed by atoms with van der Waals surface area (Å²) >= 11 is 5.85. The van der Waals surface area contributed by atoms with E-state index in [0.29, 0.717) is 11.4 Å². The average molecular weight is 324 g/mol. The molecule has 5 heteroatoms. The number of carboxylic acid groups (broad SMARTS) is 1. The van der Waals surface area contributed by atoms with Crippen LogP contribution in [0.3, 0.4) is 0 Å². The standard InChI is InChI=1S/C17H22ClNO3/c18-14-8-6-12(7-9-14)10-13(11-16(20)21)17(22)19-15-4-2-1-3-5-15/h6-9,13,15H,1-5,10-11H2,(H,19,22)(H,20,21)/t13-/m0/s1. The number of carbonyl (C=O) groups is 2. The molecule has 1 aliphatic rings. The van der Waals surface area contributed by atoms with Crippen LogP contribution in [-0.2, 0) is 16.0 Å². The third-order valence-corrected chi connectivity index (χ3v) is 4.39. The molecule has 0 radical (unpaired) electrons. The molecule has 4 nitrogen and oxygen atoms in total. The molecule has 1 amide bonds. The molecule has 1 aromatic carbocycles. The minimum absolute atomic E-state index is 0.149. The monoisotopic (exact) mass is 323 g/mol. The number of carbonyl (C=O) groups excluding carboxylic acids is 1. The van der Waals surface area contributed by atoms with Crippen molar-refractivity contribution in [3.8, 4) is 0 Å². The lowest BCUT2D eigenvalue weighted by molar-refractivity contribution is -0.141. The molecule has 1 fully saturated rings. The summed E-state index contributed by atoms with van der Waals surface area (Å²) < 4.78 is 0. The molecule has 0 unspecified atom stereocenters. The van der Waals surface area contributed by atoms with Gasteiger partial charge in [-0.1, -0.05) is 43.0 Å². The Bertz CT molecular complexity index is 509. The van der Waals surface area contributed by atoms with Crippen LogP contribution >= 0.6 is 11.6 Å². The lowest BCUT2D eigenvalue weighted by Gasteiger charge is -2.25. The number of carboxylic acids is 1. The Morgan fingerprint density at radius 1 is 1.18 bits per heavy atom. The first-order valence-electron chi connectivity index (χ1n) is 7.81. The van der Waals surface area contributed by atoms with E-state index in [0.717, 1.165) is 31.2 Å². The van der Waals surface area contributed by atoms with Gasteiger partial charge in [0.05, 0.1) is 12.3 Å². The number of halogens is 1. The Kier molecular flexibility index (Phi) is 6.25. The largest absolute Gasteiger partial charge is 0.481 e. The van der Waals surface area contributed by atoms with Gasteiger partial charge in [0, 0.05) is 11.1 Å². The fraction of sp³-hybridized carbons (Fsp3) is 0.529. The number of rotatable bonds is 6. The van der Waals surface area contributed by atoms with Crippen LogP contribution in [0.1, 0.15) is 44.1 Å². The van der Waals surface area contributed by atoms with Gasteiger partial charge < -0.3 is 10.4 Å². The molecule has 120 valence electrons. The van der Waals surface area contributed by atoms with Gasteiger partial charge in [-0.25, -0.2) is 0 Å². The van der Waals surface area contributed by atoms with Crippen LogP contribution in [0.2, 0.25) is 5.02 Å². The summed E-state index contributed by atoms with van der Waals surface area (Å²) in [5.74, 6) is -1.64. The highest BCUT2D eigenvalue weighted by Gasteiger charge is 2.25. The van der Waals surface area contributed by atoms with Crippen LogP contribution in [0.15, 0.2) is 24.3 Å². The van der Waals surface area contributed by atoms with Gasteiger partial charge in [0.2, 0.25) is 5.91 Å². The SMILES string of the molecule is O=C(O)C[C@H](Cc1ccc(Cl)cc1)C(=O)NC1CCCCC1. The quantitative estimate of drug-likeness (QED) is 0.843. The van der Waals surface area contributed by atoms with Crippen molar-refractivity contribution < 1.29 is 14.7 Å². The predicted octanol–water partition coefficient (Wildman–Crippen LogP) is 3.42. The summed E-state index contributed by atoms with van der Waals surface area (Å²) in [6, 6.07) is 7.39. The van der Waals surface area contributed by atoms with Crippen LogP contribution in [0.4, 0.5) is 0 Å². The Morgan fingerprint density at radius 2 is 1.82 bits per heavy atom. The molecule has 0 aromatic heterocycles. The summed E-state index contributed by atoms with van der Waals surface area (Å²) in [6.07, 6.45) is 5.73. The van der Waals surface area contributed by atoms with Gasteiger partial charge >= 0.3 is 5.97 Å². The number of nitrogens with one attached hydrogen (secondary N) is 1. The minimum atomic E-state index is -0.947. The lowest BCUT2D eigenvalue weighted by Crippen LogP contribution is -2.41. The van der Waals surface area contributed by atoms with E-state index < -0.39 is 11.9 Å². The molecule has 2 rings (SSSR count). The van der Waals surface area contributed by atoms with Gasteiger partial charge in [-0.15, -0.1) is 0 Å². The molecule has 0 aliphatic heterocycles. The summed E-state index contributed by atoms with van der Waals surface area (Å²) in [5, 5.41) is 12.7. The maximum absolute atomic E-state index is 12.4. The molecule has 22 heavy (non-hydrogen) atoms. The number of aliphatic carboxylic acids is 1. The molecule has 0 spiro atoms. The maximum atomic E-state index is 12.4. The number of hydrogen-bond acceptors (Lipinski definition) is 2. The molecule has 0 saturated heterocycles. The summed E-state index contributed by atoms with van der Waals surface area (Å²) in [5.41, 5.74) is 0.925. The van der Waals surface area contributed by atoms with Crippen LogP contribution < -0.4 is 5.32 Å².